The van der Waals surface area contributed by atoms with Crippen molar-refractivity contribution < 1.29 is 14.3 Å². The predicted octanol–water partition coefficient (Wildman–Crippen LogP) is 5.76. The van der Waals surface area contributed by atoms with Gasteiger partial charge in [-0.3, -0.25) is 9.36 Å². The summed E-state index contributed by atoms with van der Waals surface area (Å²) in [5.41, 5.74) is 1.56. The number of carbonyl (C=O) groups excluding carboxylic acids is 1. The second-order valence-corrected chi connectivity index (χ2v) is 13.4. The van der Waals surface area contributed by atoms with Gasteiger partial charge >= 0.3 is 12.1 Å². The van der Waals surface area contributed by atoms with Gasteiger partial charge in [-0.1, -0.05) is 73.1 Å². The standard InChI is InChI=1S/C38H39ClN8O4/c1-3-31-41-33-34(36(48)47(31)30-16-8-13-26-12-7-15-29(39)32(26)30)42-37(50-24-28-14-9-19-44(28)2)43-35(33)45-20-21-46(27(22-45)17-18-40)38(49)51-23-25-10-5-4-6-11-25/h4-8,10-13,15-16,27-28H,3,9,14,17,19-24H2,1-2H3/t27-,28-/m0/s1. The maximum atomic E-state index is 14.7. The number of anilines is 1. The highest BCUT2D eigenvalue weighted by Gasteiger charge is 2.34. The summed E-state index contributed by atoms with van der Waals surface area (Å²) in [7, 11) is 2.07. The molecule has 0 unspecified atom stereocenters. The first kappa shape index (κ1) is 34.2. The summed E-state index contributed by atoms with van der Waals surface area (Å²) in [6.07, 6.45) is 2.11. The number of nitriles is 1. The van der Waals surface area contributed by atoms with Crippen molar-refractivity contribution in [2.45, 2.75) is 51.3 Å². The number of aryl methyl sites for hydroxylation is 1. The van der Waals surface area contributed by atoms with Gasteiger partial charge < -0.3 is 24.2 Å². The molecule has 2 saturated heterocycles. The van der Waals surface area contributed by atoms with Gasteiger partial charge in [0.15, 0.2) is 11.3 Å². The van der Waals surface area contributed by atoms with E-state index in [-0.39, 0.29) is 49.2 Å². The lowest BCUT2D eigenvalue weighted by molar-refractivity contribution is 0.0768. The zero-order chi connectivity index (χ0) is 35.5. The number of nitrogens with zero attached hydrogens (tertiary/aromatic N) is 8. The highest BCUT2D eigenvalue weighted by molar-refractivity contribution is 6.36. The molecule has 0 radical (unpaired) electrons. The van der Waals surface area contributed by atoms with Crippen molar-refractivity contribution in [3.8, 4) is 17.8 Å². The predicted molar refractivity (Wildman–Crippen MR) is 196 cm³/mol. The molecule has 12 nitrogen and oxygen atoms in total. The van der Waals surface area contributed by atoms with Crippen LogP contribution in [0.25, 0.3) is 27.5 Å². The van der Waals surface area contributed by atoms with Crippen LogP contribution in [0.5, 0.6) is 6.01 Å². The van der Waals surface area contributed by atoms with Crippen LogP contribution in [0, 0.1) is 11.3 Å². The molecule has 7 rings (SSSR count). The summed E-state index contributed by atoms with van der Waals surface area (Å²) in [5.74, 6) is 0.938. The summed E-state index contributed by atoms with van der Waals surface area (Å²) in [6.45, 7) is 4.34. The highest BCUT2D eigenvalue weighted by Crippen LogP contribution is 2.32. The van der Waals surface area contributed by atoms with E-state index in [4.69, 9.17) is 31.0 Å². The molecule has 2 aromatic heterocycles. The quantitative estimate of drug-likeness (QED) is 0.187. The van der Waals surface area contributed by atoms with Crippen LogP contribution in [0.15, 0.2) is 71.5 Å². The van der Waals surface area contributed by atoms with E-state index >= 15 is 0 Å². The van der Waals surface area contributed by atoms with Crippen LogP contribution in [0.1, 0.15) is 37.6 Å². The minimum absolute atomic E-state index is 0.0741. The van der Waals surface area contributed by atoms with E-state index in [1.54, 1.807) is 15.5 Å². The summed E-state index contributed by atoms with van der Waals surface area (Å²) >= 11 is 6.72. The molecule has 1 amide bonds. The first-order valence-corrected chi connectivity index (χ1v) is 17.7. The van der Waals surface area contributed by atoms with E-state index in [0.29, 0.717) is 47.4 Å². The fourth-order valence-electron chi connectivity index (χ4n) is 7.04. The Morgan fingerprint density at radius 1 is 0.980 bits per heavy atom. The highest BCUT2D eigenvalue weighted by atomic mass is 35.5. The number of ether oxygens (including phenoxy) is 2. The Balaban J connectivity index is 1.29. The molecule has 5 aromatic rings. The maximum Gasteiger partial charge on any atom is 0.410 e. The van der Waals surface area contributed by atoms with Crippen LogP contribution in [-0.2, 0) is 17.8 Å². The smallest absolute Gasteiger partial charge is 0.410 e. The zero-order valence-electron chi connectivity index (χ0n) is 28.7. The van der Waals surface area contributed by atoms with Gasteiger partial charge in [0.05, 0.1) is 29.2 Å². The van der Waals surface area contributed by atoms with Gasteiger partial charge in [0.2, 0.25) is 0 Å². The SMILES string of the molecule is CCc1nc2c(N3CCN(C(=O)OCc4ccccc4)[C@@H](CC#N)C3)nc(OC[C@@H]3CCCN3C)nc2c(=O)n1-c1cccc2cccc(Cl)c12. The van der Waals surface area contributed by atoms with Crippen molar-refractivity contribution in [1.82, 2.24) is 29.3 Å². The molecule has 13 heteroatoms. The number of hydrogen-bond acceptors (Lipinski definition) is 10. The molecule has 4 heterocycles. The average Bonchev–Trinajstić information content (AvgIpc) is 3.57. The fourth-order valence-corrected chi connectivity index (χ4v) is 7.32. The Kier molecular flexibility index (Phi) is 10.0. The average molecular weight is 707 g/mol. The summed E-state index contributed by atoms with van der Waals surface area (Å²) < 4.78 is 13.5. The molecular weight excluding hydrogens is 668 g/mol. The fraction of sp³-hybridized carbons (Fsp3) is 0.368. The van der Waals surface area contributed by atoms with Crippen molar-refractivity contribution in [2.24, 2.45) is 0 Å². The number of fused-ring (bicyclic) bond motifs is 2. The third-order valence-corrected chi connectivity index (χ3v) is 10.1. The molecule has 2 aliphatic heterocycles. The number of hydrogen-bond donors (Lipinski definition) is 0. The van der Waals surface area contributed by atoms with E-state index in [1.165, 1.54) is 0 Å². The first-order valence-electron chi connectivity index (χ1n) is 17.3. The van der Waals surface area contributed by atoms with Crippen LogP contribution < -0.4 is 15.2 Å². The lowest BCUT2D eigenvalue weighted by Gasteiger charge is -2.40. The molecule has 2 fully saturated rings. The largest absolute Gasteiger partial charge is 0.462 e. The number of likely N-dealkylation sites (N-methyl/N-ethyl adjacent to an activating group) is 1. The molecule has 2 atom stereocenters. The van der Waals surface area contributed by atoms with Crippen LogP contribution in [0.4, 0.5) is 10.6 Å². The van der Waals surface area contributed by atoms with E-state index < -0.39 is 12.1 Å². The monoisotopic (exact) mass is 706 g/mol. The van der Waals surface area contributed by atoms with E-state index in [0.717, 1.165) is 35.7 Å². The number of aromatic nitrogens is 4. The summed E-state index contributed by atoms with van der Waals surface area (Å²) in [5, 5.41) is 11.9. The lowest BCUT2D eigenvalue weighted by Crippen LogP contribution is -2.55. The van der Waals surface area contributed by atoms with Gasteiger partial charge in [-0.15, -0.1) is 0 Å². The Labute approximate surface area is 300 Å². The zero-order valence-corrected chi connectivity index (χ0v) is 29.4. The molecule has 262 valence electrons. The minimum atomic E-state index is -0.489. The Hall–Kier alpha value is -5.25. The van der Waals surface area contributed by atoms with Gasteiger partial charge in [0, 0.05) is 37.5 Å². The molecule has 0 N–H and O–H groups in total. The second-order valence-electron chi connectivity index (χ2n) is 12.9. The maximum absolute atomic E-state index is 14.7. The number of likely N-dealkylation sites (tertiary alicyclic amines) is 1. The number of piperazine rings is 1. The van der Waals surface area contributed by atoms with Crippen molar-refractivity contribution in [2.75, 3.05) is 44.7 Å². The van der Waals surface area contributed by atoms with Gasteiger partial charge in [0.1, 0.15) is 24.6 Å². The van der Waals surface area contributed by atoms with Gasteiger partial charge in [0.25, 0.3) is 5.56 Å². The summed E-state index contributed by atoms with van der Waals surface area (Å²) in [4.78, 5) is 48.3. The number of rotatable bonds is 9. The third kappa shape index (κ3) is 6.92. The molecule has 3 aromatic carbocycles. The van der Waals surface area contributed by atoms with Gasteiger partial charge in [-0.25, -0.2) is 9.78 Å². The lowest BCUT2D eigenvalue weighted by atomic mass is 10.1. The van der Waals surface area contributed by atoms with Crippen LogP contribution in [0.3, 0.4) is 0 Å². The van der Waals surface area contributed by atoms with Gasteiger partial charge in [-0.05, 0) is 49.5 Å². The topological polar surface area (TPSA) is 130 Å². The number of carbonyl (C=O) groups is 1. The van der Waals surface area contributed by atoms with E-state index in [2.05, 4.69) is 23.0 Å². The normalized spacial score (nSPS) is 17.9. The first-order chi connectivity index (χ1) is 24.9. The molecule has 0 saturated carbocycles. The van der Waals surface area contributed by atoms with Gasteiger partial charge in [-0.2, -0.15) is 15.2 Å². The molecule has 0 spiro atoms. The van der Waals surface area contributed by atoms with Crippen molar-refractivity contribution >= 4 is 45.3 Å². The molecule has 0 bridgehead atoms. The third-order valence-electron chi connectivity index (χ3n) is 9.76. The van der Waals surface area contributed by atoms with Crippen LogP contribution >= 0.6 is 11.6 Å². The number of halogens is 1. The van der Waals surface area contributed by atoms with Crippen LogP contribution in [-0.4, -0.2) is 87.3 Å². The molecule has 2 aliphatic rings. The van der Waals surface area contributed by atoms with Crippen molar-refractivity contribution in [3.05, 3.63) is 93.5 Å². The Morgan fingerprint density at radius 3 is 2.53 bits per heavy atom. The number of benzene rings is 3. The summed E-state index contributed by atoms with van der Waals surface area (Å²) in [6, 6.07) is 22.8. The minimum Gasteiger partial charge on any atom is -0.462 e. The molecule has 51 heavy (non-hydrogen) atoms. The molecule has 0 aliphatic carbocycles. The van der Waals surface area contributed by atoms with E-state index in [1.807, 2.05) is 72.5 Å². The van der Waals surface area contributed by atoms with Crippen molar-refractivity contribution in [3.63, 3.8) is 0 Å². The number of amides is 1. The molecular formula is C38H39ClN8O4. The second kappa shape index (κ2) is 14.9. The Morgan fingerprint density at radius 2 is 1.78 bits per heavy atom. The van der Waals surface area contributed by atoms with E-state index in [9.17, 15) is 14.9 Å². The van der Waals surface area contributed by atoms with Crippen LogP contribution in [0.2, 0.25) is 5.02 Å². The Bertz CT molecular complexity index is 2170. The van der Waals surface area contributed by atoms with Crippen molar-refractivity contribution in [1.29, 1.82) is 5.26 Å².